The average Bonchev–Trinajstić information content (AvgIpc) is 3.39. The summed E-state index contributed by atoms with van der Waals surface area (Å²) in [5.41, 5.74) is 0.848. The second kappa shape index (κ2) is 6.57. The molecule has 0 unspecified atom stereocenters. The molecular formula is C18H17F2N5O2. The number of carbonyl (C=O) groups excluding carboxylic acids is 1. The SMILES string of the molecule is N=C1CN(C(=O)c2ccc(F)c(F)c2)CCN1C(=N)c1nc(C2CC2)co1. The maximum Gasteiger partial charge on any atom is 0.262 e. The topological polar surface area (TPSA) is 97.3 Å². The number of rotatable bonds is 3. The number of nitrogens with one attached hydrogen (secondary N) is 2. The second-order valence-electron chi connectivity index (χ2n) is 6.65. The van der Waals surface area contributed by atoms with E-state index in [2.05, 4.69) is 4.98 Å². The van der Waals surface area contributed by atoms with Crippen LogP contribution in [0.2, 0.25) is 0 Å². The van der Waals surface area contributed by atoms with Gasteiger partial charge in [-0.25, -0.2) is 13.8 Å². The van der Waals surface area contributed by atoms with Crippen molar-refractivity contribution in [2.75, 3.05) is 19.6 Å². The Bertz CT molecular complexity index is 938. The summed E-state index contributed by atoms with van der Waals surface area (Å²) in [5.74, 6) is -2.03. The Labute approximate surface area is 153 Å². The maximum absolute atomic E-state index is 13.4. The van der Waals surface area contributed by atoms with Gasteiger partial charge in [0, 0.05) is 24.6 Å². The highest BCUT2D eigenvalue weighted by Crippen LogP contribution is 2.39. The molecule has 7 nitrogen and oxygen atoms in total. The molecule has 1 aliphatic carbocycles. The first-order valence-electron chi connectivity index (χ1n) is 8.57. The standard InChI is InChI=1S/C18H17F2N5O2/c19-12-4-3-11(7-13(12)20)18(26)24-5-6-25(15(21)8-24)16(22)17-23-14(9-27-17)10-1-2-10/h3-4,7,9-10,21-22H,1-2,5-6,8H2. The molecule has 2 fully saturated rings. The lowest BCUT2D eigenvalue weighted by molar-refractivity contribution is 0.0756. The second-order valence-corrected chi connectivity index (χ2v) is 6.65. The number of halogens is 2. The van der Waals surface area contributed by atoms with Gasteiger partial charge in [-0.3, -0.25) is 15.6 Å². The van der Waals surface area contributed by atoms with E-state index in [9.17, 15) is 13.6 Å². The van der Waals surface area contributed by atoms with Gasteiger partial charge in [0.1, 0.15) is 12.1 Å². The van der Waals surface area contributed by atoms with Gasteiger partial charge in [-0.1, -0.05) is 0 Å². The monoisotopic (exact) mass is 373 g/mol. The van der Waals surface area contributed by atoms with Gasteiger partial charge >= 0.3 is 0 Å². The minimum absolute atomic E-state index is 0.0204. The zero-order valence-corrected chi connectivity index (χ0v) is 14.3. The lowest BCUT2D eigenvalue weighted by Crippen LogP contribution is -2.54. The molecule has 1 amide bonds. The van der Waals surface area contributed by atoms with Crippen molar-refractivity contribution < 1.29 is 18.0 Å². The van der Waals surface area contributed by atoms with Gasteiger partial charge in [0.05, 0.1) is 12.2 Å². The van der Waals surface area contributed by atoms with Crippen molar-refractivity contribution in [2.24, 2.45) is 0 Å². The highest BCUT2D eigenvalue weighted by molar-refractivity contribution is 6.07. The summed E-state index contributed by atoms with van der Waals surface area (Å²) in [4.78, 5) is 19.6. The van der Waals surface area contributed by atoms with Crippen LogP contribution in [0.3, 0.4) is 0 Å². The third kappa shape index (κ3) is 3.32. The minimum Gasteiger partial charge on any atom is -0.442 e. The van der Waals surface area contributed by atoms with Crippen LogP contribution in [0.5, 0.6) is 0 Å². The van der Waals surface area contributed by atoms with E-state index in [4.69, 9.17) is 15.2 Å². The van der Waals surface area contributed by atoms with Gasteiger partial charge in [0.2, 0.25) is 0 Å². The van der Waals surface area contributed by atoms with Crippen molar-refractivity contribution in [3.63, 3.8) is 0 Å². The zero-order chi connectivity index (χ0) is 19.1. The first-order valence-corrected chi connectivity index (χ1v) is 8.57. The number of nitrogens with zero attached hydrogens (tertiary/aromatic N) is 3. The summed E-state index contributed by atoms with van der Waals surface area (Å²) in [6.07, 6.45) is 3.69. The van der Waals surface area contributed by atoms with Crippen molar-refractivity contribution in [2.45, 2.75) is 18.8 Å². The number of amides is 1. The van der Waals surface area contributed by atoms with E-state index in [1.807, 2.05) is 0 Å². The molecule has 1 aliphatic heterocycles. The summed E-state index contributed by atoms with van der Waals surface area (Å²) >= 11 is 0. The molecule has 2 heterocycles. The number of benzene rings is 1. The summed E-state index contributed by atoms with van der Waals surface area (Å²) < 4.78 is 31.8. The summed E-state index contributed by atoms with van der Waals surface area (Å²) in [6.45, 7) is 0.406. The van der Waals surface area contributed by atoms with Crippen LogP contribution in [-0.4, -0.2) is 52.0 Å². The smallest absolute Gasteiger partial charge is 0.262 e. The van der Waals surface area contributed by atoms with Crippen LogP contribution >= 0.6 is 0 Å². The van der Waals surface area contributed by atoms with Crippen molar-refractivity contribution in [1.29, 1.82) is 10.8 Å². The van der Waals surface area contributed by atoms with E-state index < -0.39 is 17.5 Å². The Kier molecular flexibility index (Phi) is 4.21. The number of aromatic nitrogens is 1. The molecule has 4 rings (SSSR count). The number of hydrogen-bond acceptors (Lipinski definition) is 5. The molecule has 27 heavy (non-hydrogen) atoms. The van der Waals surface area contributed by atoms with E-state index in [0.717, 1.165) is 30.7 Å². The fraction of sp³-hybridized carbons (Fsp3) is 0.333. The van der Waals surface area contributed by atoms with Crippen molar-refractivity contribution >= 4 is 17.6 Å². The lowest BCUT2D eigenvalue weighted by Gasteiger charge is -2.35. The van der Waals surface area contributed by atoms with E-state index >= 15 is 0 Å². The lowest BCUT2D eigenvalue weighted by atomic mass is 10.1. The molecule has 1 aromatic carbocycles. The molecule has 140 valence electrons. The van der Waals surface area contributed by atoms with E-state index in [-0.39, 0.29) is 42.8 Å². The summed E-state index contributed by atoms with van der Waals surface area (Å²) in [5, 5.41) is 16.4. The van der Waals surface area contributed by atoms with E-state index in [1.165, 1.54) is 15.9 Å². The van der Waals surface area contributed by atoms with Crippen LogP contribution in [0.15, 0.2) is 28.9 Å². The first kappa shape index (κ1) is 17.3. The molecule has 1 saturated heterocycles. The Morgan fingerprint density at radius 1 is 1.22 bits per heavy atom. The quantitative estimate of drug-likeness (QED) is 0.638. The largest absolute Gasteiger partial charge is 0.442 e. The van der Waals surface area contributed by atoms with Crippen molar-refractivity contribution in [1.82, 2.24) is 14.8 Å². The number of carbonyl (C=O) groups is 1. The molecule has 9 heteroatoms. The van der Waals surface area contributed by atoms with E-state index in [0.29, 0.717) is 5.92 Å². The molecule has 1 saturated carbocycles. The molecule has 0 radical (unpaired) electrons. The molecule has 2 N–H and O–H groups in total. The normalized spacial score (nSPS) is 17.3. The molecule has 1 aromatic heterocycles. The number of amidine groups is 2. The fourth-order valence-corrected chi connectivity index (χ4v) is 3.01. The van der Waals surface area contributed by atoms with Gasteiger partial charge in [-0.05, 0) is 31.0 Å². The van der Waals surface area contributed by atoms with Gasteiger partial charge in [-0.15, -0.1) is 0 Å². The van der Waals surface area contributed by atoms with Crippen LogP contribution in [0.1, 0.15) is 40.7 Å². The minimum atomic E-state index is -1.09. The Morgan fingerprint density at radius 3 is 2.67 bits per heavy atom. The van der Waals surface area contributed by atoms with Gasteiger partial charge in [0.15, 0.2) is 17.5 Å². The predicted octanol–water partition coefficient (Wildman–Crippen LogP) is 2.59. The molecule has 2 aliphatic rings. The molecular weight excluding hydrogens is 356 g/mol. The highest BCUT2D eigenvalue weighted by atomic mass is 19.2. The van der Waals surface area contributed by atoms with Crippen LogP contribution in [0.4, 0.5) is 8.78 Å². The number of oxazole rings is 1. The zero-order valence-electron chi connectivity index (χ0n) is 14.3. The van der Waals surface area contributed by atoms with Gasteiger partial charge < -0.3 is 14.2 Å². The van der Waals surface area contributed by atoms with Gasteiger partial charge in [-0.2, -0.15) is 0 Å². The number of hydrogen-bond donors (Lipinski definition) is 2. The third-order valence-electron chi connectivity index (χ3n) is 4.70. The maximum atomic E-state index is 13.4. The Balaban J connectivity index is 1.43. The van der Waals surface area contributed by atoms with Crippen LogP contribution in [0.25, 0.3) is 0 Å². The van der Waals surface area contributed by atoms with Crippen molar-refractivity contribution in [3.8, 4) is 0 Å². The van der Waals surface area contributed by atoms with Crippen LogP contribution in [0, 0.1) is 22.5 Å². The van der Waals surface area contributed by atoms with Crippen LogP contribution < -0.4 is 0 Å². The van der Waals surface area contributed by atoms with Crippen molar-refractivity contribution in [3.05, 3.63) is 53.2 Å². The van der Waals surface area contributed by atoms with Crippen LogP contribution in [-0.2, 0) is 0 Å². The van der Waals surface area contributed by atoms with E-state index in [1.54, 1.807) is 6.26 Å². The molecule has 2 aromatic rings. The average molecular weight is 373 g/mol. The molecule has 0 atom stereocenters. The number of piperazine rings is 1. The Hall–Kier alpha value is -3.10. The third-order valence-corrected chi connectivity index (χ3v) is 4.70. The summed E-state index contributed by atoms with van der Waals surface area (Å²) in [6, 6.07) is 2.96. The highest BCUT2D eigenvalue weighted by Gasteiger charge is 2.32. The summed E-state index contributed by atoms with van der Waals surface area (Å²) in [7, 11) is 0. The fourth-order valence-electron chi connectivity index (χ4n) is 3.01. The molecule has 0 spiro atoms. The predicted molar refractivity (Wildman–Crippen MR) is 92.0 cm³/mol. The van der Waals surface area contributed by atoms with Gasteiger partial charge in [0.25, 0.3) is 11.8 Å². The molecule has 0 bridgehead atoms. The first-order chi connectivity index (χ1) is 12.9. The Morgan fingerprint density at radius 2 is 2.00 bits per heavy atom.